The van der Waals surface area contributed by atoms with E-state index >= 15 is 0 Å². The molecule has 0 bridgehead atoms. The Morgan fingerprint density at radius 1 is 1.06 bits per heavy atom. The van der Waals surface area contributed by atoms with Gasteiger partial charge in [0, 0.05) is 18.7 Å². The summed E-state index contributed by atoms with van der Waals surface area (Å²) in [6.07, 6.45) is 4.08. The molecular weight excluding hydrogens is 238 g/mol. The molecule has 0 saturated carbocycles. The fourth-order valence-corrected chi connectivity index (χ4v) is 2.58. The van der Waals surface area contributed by atoms with E-state index in [2.05, 4.69) is 41.9 Å². The second-order valence-corrected chi connectivity index (χ2v) is 4.91. The topological polar surface area (TPSA) is 29.0 Å². The van der Waals surface area contributed by atoms with Crippen molar-refractivity contribution in [2.45, 2.75) is 31.0 Å². The van der Waals surface area contributed by atoms with Gasteiger partial charge in [-0.1, -0.05) is 11.8 Å². The average molecular weight is 257 g/mol. The lowest BCUT2D eigenvalue weighted by Crippen LogP contribution is -2.24. The molecule has 0 saturated heterocycles. The molecule has 0 aliphatic rings. The Morgan fingerprint density at radius 2 is 1.69 bits per heavy atom. The van der Waals surface area contributed by atoms with Gasteiger partial charge in [-0.2, -0.15) is 0 Å². The highest BCUT2D eigenvalue weighted by Gasteiger charge is 2.13. The molecule has 0 spiro atoms. The number of nitrogens with zero attached hydrogens (tertiary/aromatic N) is 3. The number of anilines is 1. The Balaban J connectivity index is 3.24. The van der Waals surface area contributed by atoms with Crippen LogP contribution in [0.4, 0.5) is 5.82 Å². The first-order valence-corrected chi connectivity index (χ1v) is 7.84. The maximum absolute atomic E-state index is 4.61. The minimum absolute atomic E-state index is 0.858. The minimum atomic E-state index is 0.858. The highest BCUT2D eigenvalue weighted by atomic mass is 32.2. The van der Waals surface area contributed by atoms with Crippen molar-refractivity contribution in [3.8, 4) is 0 Å². The number of hydrogen-bond acceptors (Lipinski definition) is 5. The molecule has 0 atom stereocenters. The molecule has 16 heavy (non-hydrogen) atoms. The van der Waals surface area contributed by atoms with Crippen LogP contribution in [-0.4, -0.2) is 35.6 Å². The Hall–Kier alpha value is -0.420. The minimum Gasteiger partial charge on any atom is -0.357 e. The summed E-state index contributed by atoms with van der Waals surface area (Å²) >= 11 is 3.28. The second-order valence-electron chi connectivity index (χ2n) is 3.34. The van der Waals surface area contributed by atoms with Crippen LogP contribution in [0.1, 0.15) is 19.4 Å². The summed E-state index contributed by atoms with van der Waals surface area (Å²) in [4.78, 5) is 11.4. The van der Waals surface area contributed by atoms with Crippen molar-refractivity contribution in [2.75, 3.05) is 30.5 Å². The zero-order valence-electron chi connectivity index (χ0n) is 10.6. The molecule has 0 unspecified atom stereocenters. The first-order chi connectivity index (χ1) is 7.67. The molecule has 0 N–H and O–H groups in total. The highest BCUT2D eigenvalue weighted by molar-refractivity contribution is 7.99. The molecular formula is C11H19N3S2. The SMILES string of the molecule is CCN(CC)c1nc(SC)nc(SC)c1C. The highest BCUT2D eigenvalue weighted by Crippen LogP contribution is 2.27. The van der Waals surface area contributed by atoms with Gasteiger partial charge in [-0.15, -0.1) is 11.8 Å². The van der Waals surface area contributed by atoms with E-state index in [1.54, 1.807) is 23.5 Å². The summed E-state index contributed by atoms with van der Waals surface area (Å²) in [6, 6.07) is 0. The maximum Gasteiger partial charge on any atom is 0.190 e. The van der Waals surface area contributed by atoms with Gasteiger partial charge >= 0.3 is 0 Å². The van der Waals surface area contributed by atoms with Crippen molar-refractivity contribution in [1.82, 2.24) is 9.97 Å². The Kier molecular flexibility index (Phi) is 5.41. The van der Waals surface area contributed by atoms with Crippen LogP contribution in [0.2, 0.25) is 0 Å². The number of rotatable bonds is 5. The molecule has 0 aromatic carbocycles. The summed E-state index contributed by atoms with van der Waals surface area (Å²) < 4.78 is 0. The standard InChI is InChI=1S/C11H19N3S2/c1-6-14(7-2)9-8(3)10(15-4)13-11(12-9)16-5/h6-7H2,1-5H3. The zero-order chi connectivity index (χ0) is 12.1. The van der Waals surface area contributed by atoms with Gasteiger partial charge in [0.1, 0.15) is 10.8 Å². The van der Waals surface area contributed by atoms with Crippen LogP contribution >= 0.6 is 23.5 Å². The lowest BCUT2D eigenvalue weighted by molar-refractivity contribution is 0.786. The van der Waals surface area contributed by atoms with E-state index in [-0.39, 0.29) is 0 Å². The third-order valence-corrected chi connectivity index (χ3v) is 3.83. The summed E-state index contributed by atoms with van der Waals surface area (Å²) in [5.41, 5.74) is 1.19. The van der Waals surface area contributed by atoms with Crippen molar-refractivity contribution in [2.24, 2.45) is 0 Å². The molecule has 1 aromatic rings. The van der Waals surface area contributed by atoms with E-state index in [1.165, 1.54) is 5.56 Å². The van der Waals surface area contributed by atoms with E-state index in [1.807, 2.05) is 6.26 Å². The molecule has 0 aliphatic heterocycles. The summed E-state index contributed by atoms with van der Waals surface area (Å²) in [6.45, 7) is 8.38. The number of thioether (sulfide) groups is 2. The Bertz CT molecular complexity index is 351. The van der Waals surface area contributed by atoms with Crippen molar-refractivity contribution in [1.29, 1.82) is 0 Å². The van der Waals surface area contributed by atoms with E-state index < -0.39 is 0 Å². The van der Waals surface area contributed by atoms with E-state index in [0.29, 0.717) is 0 Å². The van der Waals surface area contributed by atoms with Crippen LogP contribution in [0.5, 0.6) is 0 Å². The van der Waals surface area contributed by atoms with E-state index in [0.717, 1.165) is 29.1 Å². The van der Waals surface area contributed by atoms with E-state index in [4.69, 9.17) is 0 Å². The lowest BCUT2D eigenvalue weighted by atomic mass is 10.3. The molecule has 0 radical (unpaired) electrons. The molecule has 0 aliphatic carbocycles. The molecule has 3 nitrogen and oxygen atoms in total. The molecule has 5 heteroatoms. The molecule has 0 amide bonds. The van der Waals surface area contributed by atoms with Gasteiger partial charge in [-0.05, 0) is 33.3 Å². The molecule has 90 valence electrons. The van der Waals surface area contributed by atoms with Gasteiger partial charge in [-0.25, -0.2) is 9.97 Å². The monoisotopic (exact) mass is 257 g/mol. The number of aromatic nitrogens is 2. The normalized spacial score (nSPS) is 10.6. The third-order valence-electron chi connectivity index (χ3n) is 2.49. The molecule has 1 heterocycles. The summed E-state index contributed by atoms with van der Waals surface area (Å²) in [5.74, 6) is 1.08. The van der Waals surface area contributed by atoms with Crippen molar-refractivity contribution in [3.05, 3.63) is 5.56 Å². The summed E-state index contributed by atoms with van der Waals surface area (Å²) in [7, 11) is 0. The van der Waals surface area contributed by atoms with Gasteiger partial charge in [0.05, 0.1) is 0 Å². The van der Waals surface area contributed by atoms with Gasteiger partial charge in [0.2, 0.25) is 0 Å². The Morgan fingerprint density at radius 3 is 2.12 bits per heavy atom. The van der Waals surface area contributed by atoms with Crippen LogP contribution < -0.4 is 4.90 Å². The van der Waals surface area contributed by atoms with Gasteiger partial charge < -0.3 is 4.90 Å². The smallest absolute Gasteiger partial charge is 0.190 e. The number of hydrogen-bond donors (Lipinski definition) is 0. The first-order valence-electron chi connectivity index (χ1n) is 5.39. The first kappa shape index (κ1) is 13.6. The van der Waals surface area contributed by atoms with Crippen LogP contribution in [0.15, 0.2) is 10.2 Å². The van der Waals surface area contributed by atoms with Crippen molar-refractivity contribution < 1.29 is 0 Å². The zero-order valence-corrected chi connectivity index (χ0v) is 12.2. The van der Waals surface area contributed by atoms with Gasteiger partial charge in [0.25, 0.3) is 0 Å². The second kappa shape index (κ2) is 6.35. The predicted molar refractivity (Wildman–Crippen MR) is 73.9 cm³/mol. The van der Waals surface area contributed by atoms with Crippen LogP contribution in [0, 0.1) is 6.92 Å². The lowest BCUT2D eigenvalue weighted by Gasteiger charge is -2.23. The van der Waals surface area contributed by atoms with Gasteiger partial charge in [0.15, 0.2) is 5.16 Å². The average Bonchev–Trinajstić information content (AvgIpc) is 2.32. The van der Waals surface area contributed by atoms with Crippen molar-refractivity contribution in [3.63, 3.8) is 0 Å². The Labute approximate surface area is 106 Å². The van der Waals surface area contributed by atoms with Crippen molar-refractivity contribution >= 4 is 29.3 Å². The van der Waals surface area contributed by atoms with Gasteiger partial charge in [-0.3, -0.25) is 0 Å². The molecule has 0 fully saturated rings. The predicted octanol–water partition coefficient (Wildman–Crippen LogP) is 3.08. The third kappa shape index (κ3) is 2.83. The summed E-state index contributed by atoms with van der Waals surface area (Å²) in [5, 5.41) is 1.94. The quantitative estimate of drug-likeness (QED) is 0.459. The largest absolute Gasteiger partial charge is 0.357 e. The van der Waals surface area contributed by atoms with Crippen LogP contribution in [0.3, 0.4) is 0 Å². The molecule has 1 aromatic heterocycles. The molecule has 1 rings (SSSR count). The maximum atomic E-state index is 4.61. The van der Waals surface area contributed by atoms with Crippen LogP contribution in [0.25, 0.3) is 0 Å². The fraction of sp³-hybridized carbons (Fsp3) is 0.636. The fourth-order valence-electron chi connectivity index (χ4n) is 1.59. The van der Waals surface area contributed by atoms with Crippen LogP contribution in [-0.2, 0) is 0 Å². The van der Waals surface area contributed by atoms with E-state index in [9.17, 15) is 0 Å².